The molecule has 0 aromatic heterocycles. The Bertz CT molecular complexity index is 2260. The zero-order chi connectivity index (χ0) is 31.5. The molecule has 3 aliphatic carbocycles. The maximum atomic E-state index is 8.00. The predicted molar refractivity (Wildman–Crippen MR) is 190 cm³/mol. The van der Waals surface area contributed by atoms with E-state index in [4.69, 9.17) is 4.74 Å². The van der Waals surface area contributed by atoms with Crippen LogP contribution in [-0.4, -0.2) is 0 Å². The van der Waals surface area contributed by atoms with Gasteiger partial charge in [0.05, 0.1) is 0 Å². The summed E-state index contributed by atoms with van der Waals surface area (Å²) in [6, 6.07) is 50.0. The van der Waals surface area contributed by atoms with Crippen LogP contribution < -0.4 is 0 Å². The molecule has 2 heterocycles. The standard InChI is InChI=1S/C46H34O/c1-43(2)33-23-13-19-29-37(33)39-35(43)25-26-36-40(39)38-30(20-14-24-34(38)44(36,3)4)42-41(29)45(27-15-7-5-8-16-27)31-21-11-12-22-32(31)46(42,47-45)28-17-9-6-10-18-28/h5-26H,1-4H3. The van der Waals surface area contributed by atoms with Crippen LogP contribution in [0.2, 0.25) is 0 Å². The molecule has 11 rings (SSSR count). The van der Waals surface area contributed by atoms with E-state index >= 15 is 0 Å². The summed E-state index contributed by atoms with van der Waals surface area (Å²) >= 11 is 0. The van der Waals surface area contributed by atoms with E-state index < -0.39 is 11.2 Å². The zero-order valence-electron chi connectivity index (χ0n) is 27.1. The first-order chi connectivity index (χ1) is 22.8. The van der Waals surface area contributed by atoms with Crippen molar-refractivity contribution < 1.29 is 4.74 Å². The van der Waals surface area contributed by atoms with E-state index in [0.717, 1.165) is 0 Å². The highest BCUT2D eigenvalue weighted by Gasteiger charge is 2.67. The Morgan fingerprint density at radius 1 is 0.340 bits per heavy atom. The first kappa shape index (κ1) is 26.1. The van der Waals surface area contributed by atoms with Gasteiger partial charge >= 0.3 is 0 Å². The van der Waals surface area contributed by atoms with E-state index in [-0.39, 0.29) is 10.8 Å². The van der Waals surface area contributed by atoms with Crippen molar-refractivity contribution in [3.05, 3.63) is 189 Å². The quantitative estimate of drug-likeness (QED) is 0.192. The summed E-state index contributed by atoms with van der Waals surface area (Å²) in [5.74, 6) is 0. The van der Waals surface area contributed by atoms with Gasteiger partial charge in [-0.25, -0.2) is 0 Å². The summed E-state index contributed by atoms with van der Waals surface area (Å²) in [7, 11) is 0. The number of rotatable bonds is 2. The van der Waals surface area contributed by atoms with Crippen LogP contribution in [0.4, 0.5) is 0 Å². The van der Waals surface area contributed by atoms with E-state index in [0.29, 0.717) is 0 Å². The van der Waals surface area contributed by atoms with Gasteiger partial charge < -0.3 is 4.74 Å². The SMILES string of the molecule is CC1(C)c2cccc3c2-c2c1ccc1c2-c2c(cccc2C1(C)C)C1=C3C2(c3ccccc3)OC1(c1ccccc1)c1ccccc12. The number of hydrogen-bond donors (Lipinski definition) is 0. The van der Waals surface area contributed by atoms with Gasteiger partial charge in [0.1, 0.15) is 11.2 Å². The summed E-state index contributed by atoms with van der Waals surface area (Å²) in [6.45, 7) is 9.66. The van der Waals surface area contributed by atoms with Gasteiger partial charge in [-0.05, 0) is 77.9 Å². The van der Waals surface area contributed by atoms with Gasteiger partial charge in [0.2, 0.25) is 0 Å². The second kappa shape index (κ2) is 8.11. The van der Waals surface area contributed by atoms with E-state index in [2.05, 4.69) is 161 Å². The molecular weight excluding hydrogens is 569 g/mol. The van der Waals surface area contributed by atoms with Gasteiger partial charge in [0, 0.05) is 22.0 Å². The molecule has 5 aliphatic rings. The molecule has 224 valence electrons. The molecule has 2 atom stereocenters. The van der Waals surface area contributed by atoms with Crippen LogP contribution in [-0.2, 0) is 26.8 Å². The molecule has 0 N–H and O–H groups in total. The van der Waals surface area contributed by atoms with Crippen molar-refractivity contribution in [1.29, 1.82) is 0 Å². The first-order valence-electron chi connectivity index (χ1n) is 17.0. The van der Waals surface area contributed by atoms with Crippen LogP contribution in [0, 0.1) is 0 Å². The third-order valence-electron chi connectivity index (χ3n) is 12.4. The Kier molecular flexibility index (Phi) is 4.51. The fourth-order valence-corrected chi connectivity index (χ4v) is 10.4. The third kappa shape index (κ3) is 2.67. The van der Waals surface area contributed by atoms with Crippen molar-refractivity contribution in [1.82, 2.24) is 0 Å². The molecule has 1 nitrogen and oxygen atoms in total. The highest BCUT2D eigenvalue weighted by atomic mass is 16.5. The summed E-state index contributed by atoms with van der Waals surface area (Å²) in [5, 5.41) is 0. The van der Waals surface area contributed by atoms with Crippen LogP contribution >= 0.6 is 0 Å². The van der Waals surface area contributed by atoms with E-state index in [1.165, 1.54) is 89.0 Å². The molecule has 47 heavy (non-hydrogen) atoms. The lowest BCUT2D eigenvalue weighted by Gasteiger charge is -2.36. The number of fused-ring (bicyclic) bond motifs is 9. The van der Waals surface area contributed by atoms with Crippen molar-refractivity contribution in [2.75, 3.05) is 0 Å². The fraction of sp³-hybridized carbons (Fsp3) is 0.174. The van der Waals surface area contributed by atoms with Crippen LogP contribution in [0.25, 0.3) is 33.4 Å². The van der Waals surface area contributed by atoms with Gasteiger partial charge in [0.15, 0.2) is 0 Å². The van der Waals surface area contributed by atoms with Gasteiger partial charge in [-0.2, -0.15) is 0 Å². The molecule has 0 saturated heterocycles. The van der Waals surface area contributed by atoms with Gasteiger partial charge in [0.25, 0.3) is 0 Å². The normalized spacial score (nSPS) is 23.7. The lowest BCUT2D eigenvalue weighted by atomic mass is 9.63. The highest BCUT2D eigenvalue weighted by molar-refractivity contribution is 6.16. The zero-order valence-corrected chi connectivity index (χ0v) is 27.1. The maximum absolute atomic E-state index is 8.00. The van der Waals surface area contributed by atoms with Crippen molar-refractivity contribution in [3.63, 3.8) is 0 Å². The summed E-state index contributed by atoms with van der Waals surface area (Å²) in [5.41, 5.74) is 19.5. The average Bonchev–Trinajstić information content (AvgIpc) is 3.75. The van der Waals surface area contributed by atoms with E-state index in [1.54, 1.807) is 0 Å². The Labute approximate surface area is 276 Å². The van der Waals surface area contributed by atoms with Gasteiger partial charge in [-0.15, -0.1) is 0 Å². The number of ether oxygens (including phenoxy) is 1. The van der Waals surface area contributed by atoms with Crippen molar-refractivity contribution in [2.45, 2.75) is 49.7 Å². The monoisotopic (exact) mass is 602 g/mol. The number of hydrogen-bond acceptors (Lipinski definition) is 1. The maximum Gasteiger partial charge on any atom is 0.147 e. The molecule has 0 amide bonds. The van der Waals surface area contributed by atoms with Crippen LogP contribution in [0.1, 0.15) is 83.3 Å². The lowest BCUT2D eigenvalue weighted by molar-refractivity contribution is -0.0155. The third-order valence-corrected chi connectivity index (χ3v) is 12.4. The summed E-state index contributed by atoms with van der Waals surface area (Å²) in [4.78, 5) is 0. The van der Waals surface area contributed by atoms with Crippen molar-refractivity contribution in [2.24, 2.45) is 0 Å². The molecule has 1 heteroatoms. The molecule has 6 aromatic carbocycles. The Morgan fingerprint density at radius 3 is 1.13 bits per heavy atom. The molecule has 0 saturated carbocycles. The van der Waals surface area contributed by atoms with Gasteiger partial charge in [-0.3, -0.25) is 0 Å². The largest absolute Gasteiger partial charge is 0.340 e. The minimum Gasteiger partial charge on any atom is -0.340 e. The highest BCUT2D eigenvalue weighted by Crippen LogP contribution is 2.74. The van der Waals surface area contributed by atoms with Crippen LogP contribution in [0.15, 0.2) is 133 Å². The molecule has 2 bridgehead atoms. The van der Waals surface area contributed by atoms with Crippen LogP contribution in [0.5, 0.6) is 0 Å². The summed E-state index contributed by atoms with van der Waals surface area (Å²) in [6.07, 6.45) is 0. The van der Waals surface area contributed by atoms with Crippen molar-refractivity contribution in [3.8, 4) is 22.3 Å². The molecule has 0 radical (unpaired) electrons. The number of benzene rings is 6. The molecule has 2 aliphatic heterocycles. The molecule has 0 fully saturated rings. The first-order valence-corrected chi connectivity index (χ1v) is 17.0. The predicted octanol–water partition coefficient (Wildman–Crippen LogP) is 10.8. The molecule has 2 unspecified atom stereocenters. The van der Waals surface area contributed by atoms with Crippen molar-refractivity contribution >= 4 is 11.1 Å². The average molecular weight is 603 g/mol. The van der Waals surface area contributed by atoms with Crippen LogP contribution in [0.3, 0.4) is 0 Å². The second-order valence-electron chi connectivity index (χ2n) is 15.1. The molecule has 0 spiro atoms. The second-order valence-corrected chi connectivity index (χ2v) is 15.1. The molecular formula is C46H34O. The Hall–Kier alpha value is -4.98. The fourth-order valence-electron chi connectivity index (χ4n) is 10.4. The lowest BCUT2D eigenvalue weighted by Crippen LogP contribution is -2.28. The van der Waals surface area contributed by atoms with E-state index in [9.17, 15) is 0 Å². The minimum atomic E-state index is -0.795. The smallest absolute Gasteiger partial charge is 0.147 e. The topological polar surface area (TPSA) is 9.23 Å². The molecule has 6 aromatic rings. The Balaban J connectivity index is 1.44. The van der Waals surface area contributed by atoms with Gasteiger partial charge in [-0.1, -0.05) is 161 Å². The Morgan fingerprint density at radius 2 is 0.702 bits per heavy atom. The minimum absolute atomic E-state index is 0.129. The summed E-state index contributed by atoms with van der Waals surface area (Å²) < 4.78 is 8.00. The van der Waals surface area contributed by atoms with E-state index in [1.807, 2.05) is 0 Å².